The molecule has 2 unspecified atom stereocenters. The van der Waals surface area contributed by atoms with Crippen LogP contribution in [-0.2, 0) is 11.0 Å². The van der Waals surface area contributed by atoms with E-state index in [0.717, 1.165) is 12.1 Å². The first kappa shape index (κ1) is 22.7. The Labute approximate surface area is 182 Å². The Balaban J connectivity index is 2.25. The lowest BCUT2D eigenvalue weighted by atomic mass is 9.93. The van der Waals surface area contributed by atoms with Gasteiger partial charge >= 0.3 is 12.1 Å². The van der Waals surface area contributed by atoms with Crippen LogP contribution in [0.25, 0.3) is 0 Å². The summed E-state index contributed by atoms with van der Waals surface area (Å²) in [5.74, 6) is -0.628. The molecule has 1 heterocycles. The Bertz CT molecular complexity index is 936. The third kappa shape index (κ3) is 4.68. The molecule has 30 heavy (non-hydrogen) atoms. The molecule has 162 valence electrons. The number of alkyl halides is 3. The van der Waals surface area contributed by atoms with Crippen molar-refractivity contribution in [2.24, 2.45) is 0 Å². The summed E-state index contributed by atoms with van der Waals surface area (Å²) in [4.78, 5) is 13.5. The normalized spacial score (nSPS) is 18.4. The van der Waals surface area contributed by atoms with Crippen molar-refractivity contribution in [3.8, 4) is 5.75 Å². The second-order valence-electron chi connectivity index (χ2n) is 6.99. The Morgan fingerprint density at radius 2 is 1.97 bits per heavy atom. The minimum Gasteiger partial charge on any atom is -0.494 e. The molecule has 1 fully saturated rings. The van der Waals surface area contributed by atoms with Gasteiger partial charge in [-0.1, -0.05) is 23.2 Å². The van der Waals surface area contributed by atoms with E-state index in [2.05, 4.69) is 0 Å². The number of carboxylic acids is 1. The van der Waals surface area contributed by atoms with Gasteiger partial charge in [0.2, 0.25) is 0 Å². The fraction of sp³-hybridized carbons (Fsp3) is 0.381. The summed E-state index contributed by atoms with van der Waals surface area (Å²) in [6, 6.07) is 6.15. The molecule has 2 aromatic rings. The van der Waals surface area contributed by atoms with Crippen LogP contribution < -0.4 is 4.74 Å². The zero-order chi connectivity index (χ0) is 22.1. The van der Waals surface area contributed by atoms with Crippen molar-refractivity contribution in [3.63, 3.8) is 0 Å². The number of hydrogen-bond donors (Lipinski definition) is 1. The van der Waals surface area contributed by atoms with Crippen LogP contribution in [0.1, 0.15) is 42.5 Å². The molecule has 0 saturated carbocycles. The van der Waals surface area contributed by atoms with Gasteiger partial charge in [0.25, 0.3) is 0 Å². The number of likely N-dealkylation sites (tertiary alicyclic amines) is 1. The van der Waals surface area contributed by atoms with Crippen molar-refractivity contribution < 1.29 is 27.8 Å². The molecule has 3 rings (SSSR count). The fourth-order valence-corrected chi connectivity index (χ4v) is 4.24. The third-order valence-electron chi connectivity index (χ3n) is 5.10. The number of benzene rings is 2. The van der Waals surface area contributed by atoms with Gasteiger partial charge in [-0.15, -0.1) is 0 Å². The molecule has 0 aliphatic carbocycles. The van der Waals surface area contributed by atoms with Crippen LogP contribution in [0.2, 0.25) is 10.0 Å². The highest BCUT2D eigenvalue weighted by molar-refractivity contribution is 6.31. The van der Waals surface area contributed by atoms with Crippen molar-refractivity contribution in [2.45, 2.75) is 38.0 Å². The quantitative estimate of drug-likeness (QED) is 0.568. The molecule has 0 aromatic heterocycles. The average Bonchev–Trinajstić information content (AvgIpc) is 3.14. The number of ether oxygens (including phenoxy) is 1. The van der Waals surface area contributed by atoms with Crippen molar-refractivity contribution in [2.75, 3.05) is 13.2 Å². The number of aliphatic carboxylic acids is 1. The topological polar surface area (TPSA) is 49.8 Å². The Morgan fingerprint density at radius 1 is 1.23 bits per heavy atom. The molecule has 9 heteroatoms. The van der Waals surface area contributed by atoms with Crippen LogP contribution in [0.4, 0.5) is 13.2 Å². The number of carboxylic acid groups (broad SMARTS) is 1. The van der Waals surface area contributed by atoms with Crippen LogP contribution in [0, 0.1) is 0 Å². The van der Waals surface area contributed by atoms with Gasteiger partial charge in [-0.3, -0.25) is 9.69 Å². The minimum atomic E-state index is -4.57. The SMILES string of the molecule is CCOc1ccc(Cl)cc1C(c1cc(C(F)(F)F)ccc1Cl)N1CCCC1C(=O)O. The Hall–Kier alpha value is -1.96. The molecule has 1 aliphatic rings. The highest BCUT2D eigenvalue weighted by atomic mass is 35.5. The first-order chi connectivity index (χ1) is 14.1. The molecule has 0 radical (unpaired) electrons. The summed E-state index contributed by atoms with van der Waals surface area (Å²) < 4.78 is 45.9. The largest absolute Gasteiger partial charge is 0.494 e. The van der Waals surface area contributed by atoms with Crippen LogP contribution in [0.3, 0.4) is 0 Å². The number of nitrogens with zero attached hydrogens (tertiary/aromatic N) is 1. The Kier molecular flexibility index (Phi) is 6.84. The van der Waals surface area contributed by atoms with Crippen LogP contribution in [-0.4, -0.2) is 35.2 Å². The van der Waals surface area contributed by atoms with Gasteiger partial charge in [0.15, 0.2) is 0 Å². The van der Waals surface area contributed by atoms with Gasteiger partial charge in [0.1, 0.15) is 11.8 Å². The molecule has 1 N–H and O–H groups in total. The summed E-state index contributed by atoms with van der Waals surface area (Å²) in [6.07, 6.45) is -3.60. The summed E-state index contributed by atoms with van der Waals surface area (Å²) >= 11 is 12.5. The Morgan fingerprint density at radius 3 is 2.60 bits per heavy atom. The van der Waals surface area contributed by atoms with E-state index in [1.807, 2.05) is 0 Å². The highest BCUT2D eigenvalue weighted by Crippen LogP contribution is 2.44. The van der Waals surface area contributed by atoms with E-state index in [9.17, 15) is 23.1 Å². The molecule has 0 spiro atoms. The van der Waals surface area contributed by atoms with Crippen LogP contribution in [0.15, 0.2) is 36.4 Å². The number of rotatable bonds is 6. The molecular formula is C21H20Cl2F3NO3. The van der Waals surface area contributed by atoms with E-state index in [1.165, 1.54) is 6.07 Å². The van der Waals surface area contributed by atoms with E-state index in [4.69, 9.17) is 27.9 Å². The predicted molar refractivity (Wildman–Crippen MR) is 108 cm³/mol. The molecule has 2 aromatic carbocycles. The summed E-state index contributed by atoms with van der Waals surface area (Å²) in [5.41, 5.74) is -0.237. The van der Waals surface area contributed by atoms with E-state index >= 15 is 0 Å². The number of carbonyl (C=O) groups is 1. The second kappa shape index (κ2) is 9.04. The van der Waals surface area contributed by atoms with Crippen molar-refractivity contribution in [3.05, 3.63) is 63.1 Å². The number of halogens is 5. The van der Waals surface area contributed by atoms with E-state index in [-0.39, 0.29) is 10.6 Å². The van der Waals surface area contributed by atoms with Gasteiger partial charge in [0.05, 0.1) is 18.2 Å². The van der Waals surface area contributed by atoms with Crippen molar-refractivity contribution in [1.82, 2.24) is 4.90 Å². The minimum absolute atomic E-state index is 0.103. The summed E-state index contributed by atoms with van der Waals surface area (Å²) in [7, 11) is 0. The molecule has 0 bridgehead atoms. The maximum Gasteiger partial charge on any atom is 0.416 e. The smallest absolute Gasteiger partial charge is 0.416 e. The van der Waals surface area contributed by atoms with Crippen molar-refractivity contribution >= 4 is 29.2 Å². The first-order valence-corrected chi connectivity index (χ1v) is 10.2. The lowest BCUT2D eigenvalue weighted by molar-refractivity contribution is -0.143. The molecule has 2 atom stereocenters. The zero-order valence-electron chi connectivity index (χ0n) is 16.0. The maximum atomic E-state index is 13.4. The number of hydrogen-bond acceptors (Lipinski definition) is 3. The standard InChI is InChI=1S/C21H20Cl2F3NO3/c1-2-30-18-8-6-13(22)11-15(18)19(27-9-3-4-17(27)20(28)29)14-10-12(21(24,25)26)5-7-16(14)23/h5-8,10-11,17,19H,2-4,9H2,1H3,(H,28,29). The highest BCUT2D eigenvalue weighted by Gasteiger charge is 2.40. The van der Waals surface area contributed by atoms with E-state index in [0.29, 0.717) is 42.3 Å². The average molecular weight is 462 g/mol. The summed E-state index contributed by atoms with van der Waals surface area (Å²) in [5, 5.41) is 10.2. The second-order valence-corrected chi connectivity index (χ2v) is 7.83. The first-order valence-electron chi connectivity index (χ1n) is 9.41. The van der Waals surface area contributed by atoms with Crippen LogP contribution >= 0.6 is 23.2 Å². The summed E-state index contributed by atoms with van der Waals surface area (Å²) in [6.45, 7) is 2.48. The monoisotopic (exact) mass is 461 g/mol. The fourth-order valence-electron chi connectivity index (χ4n) is 3.84. The third-order valence-corrected chi connectivity index (χ3v) is 5.67. The van der Waals surface area contributed by atoms with E-state index < -0.39 is 29.8 Å². The van der Waals surface area contributed by atoms with Gasteiger partial charge in [-0.2, -0.15) is 13.2 Å². The van der Waals surface area contributed by atoms with Gasteiger partial charge in [0, 0.05) is 22.2 Å². The predicted octanol–water partition coefficient (Wildman–Crippen LogP) is 6.05. The van der Waals surface area contributed by atoms with E-state index in [1.54, 1.807) is 30.0 Å². The van der Waals surface area contributed by atoms with Gasteiger partial charge in [-0.25, -0.2) is 0 Å². The van der Waals surface area contributed by atoms with Crippen molar-refractivity contribution in [1.29, 1.82) is 0 Å². The maximum absolute atomic E-state index is 13.4. The molecule has 1 saturated heterocycles. The molecule has 1 aliphatic heterocycles. The zero-order valence-corrected chi connectivity index (χ0v) is 17.6. The lowest BCUT2D eigenvalue weighted by Crippen LogP contribution is -2.39. The lowest BCUT2D eigenvalue weighted by Gasteiger charge is -2.34. The molecule has 0 amide bonds. The molecular weight excluding hydrogens is 442 g/mol. The van der Waals surface area contributed by atoms with Gasteiger partial charge in [-0.05, 0) is 61.7 Å². The molecule has 4 nitrogen and oxygen atoms in total. The van der Waals surface area contributed by atoms with Gasteiger partial charge < -0.3 is 9.84 Å². The van der Waals surface area contributed by atoms with Crippen LogP contribution in [0.5, 0.6) is 5.75 Å².